The summed E-state index contributed by atoms with van der Waals surface area (Å²) in [5, 5.41) is 13.6. The van der Waals surface area contributed by atoms with Gasteiger partial charge in [-0.15, -0.1) is 0 Å². The molecule has 3 heteroatoms. The molecule has 0 heterocycles. The Hall–Kier alpha value is -8.45. The second-order valence-corrected chi connectivity index (χ2v) is 44.9. The lowest BCUT2D eigenvalue weighted by molar-refractivity contribution is 0.385. The first-order valence-corrected chi connectivity index (χ1v) is 49.0. The molecule has 4 aliphatic rings. The topological polar surface area (TPSA) is 0 Å². The molecule has 130 heavy (non-hydrogen) atoms. The summed E-state index contributed by atoms with van der Waals surface area (Å²) in [6, 6.07) is 88.5. The number of fused-ring (bicyclic) bond motifs is 6. The Bertz CT molecular complexity index is 5010. The van der Waals surface area contributed by atoms with Crippen molar-refractivity contribution in [2.24, 2.45) is 11.8 Å². The molecule has 1 unspecified atom stereocenters. The summed E-state index contributed by atoms with van der Waals surface area (Å²) in [5.74, 6) is 2.87. The minimum Gasteiger partial charge on any atom is -0.0776 e. The maximum absolute atomic E-state index is 2.36. The molecule has 13 aromatic carbocycles. The quantitative estimate of drug-likeness (QED) is 0.114. The number of hydrogen-bond acceptors (Lipinski definition) is 0. The van der Waals surface area contributed by atoms with Gasteiger partial charge in [-0.2, -0.15) is 0 Å². The van der Waals surface area contributed by atoms with Crippen LogP contribution < -0.4 is 5.19 Å². The molecule has 0 N–H and O–H groups in total. The number of rotatable bonds is 1. The van der Waals surface area contributed by atoms with Crippen molar-refractivity contribution in [1.29, 1.82) is 0 Å². The minimum atomic E-state index is 0. The molecule has 0 radical (unpaired) electrons. The molecule has 13 aromatic rings. The van der Waals surface area contributed by atoms with Crippen LogP contribution in [-0.2, 0) is 19.3 Å². The van der Waals surface area contributed by atoms with Crippen LogP contribution in [0.5, 0.6) is 0 Å². The summed E-state index contributed by atoms with van der Waals surface area (Å²) in [6.07, 6.45) is 24.1. The van der Waals surface area contributed by atoms with Crippen LogP contribution in [0, 0.1) is 123 Å². The van der Waals surface area contributed by atoms with Gasteiger partial charge in [-0.05, 0) is 328 Å². The van der Waals surface area contributed by atoms with E-state index >= 15 is 0 Å². The van der Waals surface area contributed by atoms with Crippen molar-refractivity contribution in [3.05, 3.63) is 360 Å². The highest BCUT2D eigenvalue weighted by atomic mass is 28.2. The molecule has 2 saturated carbocycles. The summed E-state index contributed by atoms with van der Waals surface area (Å²) in [5.41, 5.74) is 28.7. The summed E-state index contributed by atoms with van der Waals surface area (Å²) in [6.45, 7) is 55.1. The monoisotopic (exact) mass is 1810 g/mol. The summed E-state index contributed by atoms with van der Waals surface area (Å²) in [4.78, 5) is 0. The predicted octanol–water partition coefficient (Wildman–Crippen LogP) is 37.7. The molecule has 0 spiro atoms. The van der Waals surface area contributed by atoms with Crippen LogP contribution in [0.3, 0.4) is 0 Å². The molecule has 0 aromatic heterocycles. The van der Waals surface area contributed by atoms with Gasteiger partial charge < -0.3 is 0 Å². The van der Waals surface area contributed by atoms with E-state index in [2.05, 4.69) is 422 Å². The van der Waals surface area contributed by atoms with Gasteiger partial charge in [-0.3, -0.25) is 0 Å². The van der Waals surface area contributed by atoms with E-state index in [-0.39, 0.29) is 74.3 Å². The molecule has 1 atom stereocenters. The van der Waals surface area contributed by atoms with Gasteiger partial charge in [-0.25, -0.2) is 0 Å². The van der Waals surface area contributed by atoms with Crippen molar-refractivity contribution in [2.75, 3.05) is 0 Å². The Morgan fingerprint density at radius 1 is 0.269 bits per heavy atom. The normalized spacial score (nSPS) is 12.7. The second kappa shape index (κ2) is 69.4. The van der Waals surface area contributed by atoms with E-state index in [0.717, 1.165) is 28.0 Å². The summed E-state index contributed by atoms with van der Waals surface area (Å²) in [7, 11) is 3.78. The van der Waals surface area contributed by atoms with Crippen LogP contribution in [0.4, 0.5) is 0 Å². The first kappa shape index (κ1) is 132. The SMILES string of the molecule is C.C.C.C.C.C.C.C.C.C.CC(C)(C)[SiH3].CC1CCCC1.CC1CCCCC1.CC1CCCc2ccccc21.CCC(C)(C)[SiH3].Cc1c([SiH3])ccc2ccccc12.Cc1c2ccccc2cc2ccccc12.Cc1cc(C)c(C)c(C)c1.Cc1ccc(C)c(C)c1.Cc1cccc(C)c1C.Cc1cccc2c1CCCC2.Cc1cccc2ccccc12.Cc1ccccc1C. The number of aryl methyl sites for hydroxylation is 16. The minimum absolute atomic E-state index is 0. The van der Waals surface area contributed by atoms with Gasteiger partial charge in [0.25, 0.3) is 0 Å². The fourth-order valence-electron chi connectivity index (χ4n) is 15.3. The van der Waals surface area contributed by atoms with Crippen LogP contribution in [0.25, 0.3) is 43.1 Å². The second-order valence-electron chi connectivity index (χ2n) is 38.1. The predicted molar refractivity (Wildman–Crippen MR) is 622 cm³/mol. The van der Waals surface area contributed by atoms with Gasteiger partial charge in [0.2, 0.25) is 0 Å². The lowest BCUT2D eigenvalue weighted by Gasteiger charge is -2.21. The van der Waals surface area contributed by atoms with Crippen molar-refractivity contribution in [2.45, 2.75) is 373 Å². The third kappa shape index (κ3) is 49.3. The van der Waals surface area contributed by atoms with E-state index in [1.165, 1.54) is 267 Å². The van der Waals surface area contributed by atoms with Gasteiger partial charge in [0.05, 0.1) is 0 Å². The molecule has 0 saturated heterocycles. The largest absolute Gasteiger partial charge is 0.0776 e. The molecule has 722 valence electrons. The van der Waals surface area contributed by atoms with Crippen molar-refractivity contribution >= 4 is 79.0 Å². The van der Waals surface area contributed by atoms with Crippen molar-refractivity contribution in [3.63, 3.8) is 0 Å². The maximum Gasteiger partial charge on any atom is 0.0388 e. The Labute approximate surface area is 817 Å². The van der Waals surface area contributed by atoms with Gasteiger partial charge in [0, 0.05) is 30.7 Å². The fourth-order valence-corrected chi connectivity index (χ4v) is 15.7. The zero-order chi connectivity index (χ0) is 88.5. The number of benzene rings is 13. The van der Waals surface area contributed by atoms with Gasteiger partial charge in [0.1, 0.15) is 0 Å². The standard InChI is InChI=1S/C15H12.C11H12Si.2C11H14.C11H10.C10H14.2C9H12.C8H10.C7H14.C6H12.C5H14Si.C4H12Si.10CH4/c1-11-14-8-4-2-6-12(14)10-13-7-3-5-9-15(11)13;1-8-10-5-3-2-4-9(10)6-7-11(8)12;3*1-9-5-4-7-10-6-2-3-8-11(9)10;1-7-5-8(2)10(4)9(3)6-7;1-7-4-5-8(2)9(3)6-7;1-7-5-4-6-8(2)9(7)3;1-7-5-3-4-6-8(7)2;1-7-5-3-2-4-6-7;1-6-4-2-3-5-6;1-4-5(2,3)6;1-4(2,3)5;;;;;;;;;;/h2-10H,1H3;2-7H,1,12H3;4-5,7H,2-3,6,8H2,1H3;2-3,6,8-9H,4-5,7H2,1H3;2-8H,1H3;5-6H,1-4H3;2*4-6H,1-3H3;3-6H,1-2H3;7H,2-6H2,1H3;6H,2-5H2,1H3;4H2,1-3,6H3;1-3,5H3;10*1H4. The first-order chi connectivity index (χ1) is 57.0. The van der Waals surface area contributed by atoms with E-state index in [0.29, 0.717) is 10.1 Å². The van der Waals surface area contributed by atoms with Crippen molar-refractivity contribution < 1.29 is 0 Å². The Balaban J connectivity index is -0.000000321. The average Bonchev–Trinajstić information content (AvgIpc) is 0.810. The Kier molecular flexibility index (Phi) is 70.6. The molecule has 0 bridgehead atoms. The van der Waals surface area contributed by atoms with E-state index in [1.807, 2.05) is 0 Å². The van der Waals surface area contributed by atoms with E-state index < -0.39 is 0 Å². The average molecular weight is 1810 g/mol. The van der Waals surface area contributed by atoms with E-state index in [9.17, 15) is 0 Å². The Morgan fingerprint density at radius 2 is 0.608 bits per heavy atom. The molecular formula is C127H202Si3. The van der Waals surface area contributed by atoms with Crippen LogP contribution in [0.2, 0.25) is 10.1 Å². The van der Waals surface area contributed by atoms with Crippen LogP contribution in [0.1, 0.15) is 344 Å². The zero-order valence-corrected chi connectivity index (χ0v) is 86.9. The molecule has 0 nitrogen and oxygen atoms in total. The Morgan fingerprint density at radius 3 is 1.02 bits per heavy atom. The third-order valence-electron chi connectivity index (χ3n) is 24.5. The molecular weight excluding hydrogens is 1610 g/mol. The molecule has 0 aliphatic heterocycles. The smallest absolute Gasteiger partial charge is 0.0388 e. The summed E-state index contributed by atoms with van der Waals surface area (Å²) < 4.78 is 0. The lowest BCUT2D eigenvalue weighted by atomic mass is 9.84. The summed E-state index contributed by atoms with van der Waals surface area (Å²) >= 11 is 0. The van der Waals surface area contributed by atoms with Crippen LogP contribution in [-0.4, -0.2) is 30.7 Å². The molecule has 17 rings (SSSR count). The highest BCUT2D eigenvalue weighted by molar-refractivity contribution is 6.34. The zero-order valence-electron chi connectivity index (χ0n) is 80.9. The van der Waals surface area contributed by atoms with Crippen LogP contribution in [0.15, 0.2) is 249 Å². The lowest BCUT2D eigenvalue weighted by Crippen LogP contribution is -2.06. The van der Waals surface area contributed by atoms with E-state index in [4.69, 9.17) is 0 Å². The van der Waals surface area contributed by atoms with E-state index in [1.54, 1.807) is 22.3 Å². The molecule has 0 amide bonds. The molecule has 2 fully saturated rings. The fraction of sp³-hybridized carbons (Fsp3) is 0.449. The first-order valence-electron chi connectivity index (χ1n) is 46.0. The highest BCUT2D eigenvalue weighted by Crippen LogP contribution is 2.32. The number of hydrogen-bond donors (Lipinski definition) is 0. The van der Waals surface area contributed by atoms with Gasteiger partial charge in [-0.1, -0.05) is 465 Å². The molecule has 4 aliphatic carbocycles. The van der Waals surface area contributed by atoms with Crippen molar-refractivity contribution in [3.8, 4) is 0 Å². The van der Waals surface area contributed by atoms with Crippen molar-refractivity contribution in [1.82, 2.24) is 0 Å². The van der Waals surface area contributed by atoms with Gasteiger partial charge in [0.15, 0.2) is 0 Å². The highest BCUT2D eigenvalue weighted by Gasteiger charge is 2.15. The van der Waals surface area contributed by atoms with Crippen LogP contribution >= 0.6 is 0 Å². The maximum atomic E-state index is 2.36. The van der Waals surface area contributed by atoms with Gasteiger partial charge >= 0.3 is 0 Å². The third-order valence-corrected chi connectivity index (χ3v) is 26.2.